The fraction of sp³-hybridized carbons (Fsp3) is 0.0952. The maximum absolute atomic E-state index is 12.3. The summed E-state index contributed by atoms with van der Waals surface area (Å²) in [5.74, 6) is -0.318. The van der Waals surface area contributed by atoms with Crippen molar-refractivity contribution in [1.29, 1.82) is 0 Å². The number of hydrogen-bond acceptors (Lipinski definition) is 3. The van der Waals surface area contributed by atoms with Crippen LogP contribution in [0.5, 0.6) is 0 Å². The smallest absolute Gasteiger partial charge is 0.338 e. The maximum atomic E-state index is 12.3. The van der Waals surface area contributed by atoms with Crippen molar-refractivity contribution >= 4 is 27.9 Å². The van der Waals surface area contributed by atoms with Crippen molar-refractivity contribution in [1.82, 2.24) is 0 Å². The van der Waals surface area contributed by atoms with Gasteiger partial charge in [-0.2, -0.15) is 0 Å². The zero-order chi connectivity index (χ0) is 16.5. The van der Waals surface area contributed by atoms with E-state index < -0.39 is 0 Å². The standard InChI is InChI=1S/C21H16O3/c1-2-23-21(22)18-10-4-3-8-14(18)16-11-7-12-17-15-9-5-6-13-19(15)24-20(16)17/h3-13H,2H2,1H3. The van der Waals surface area contributed by atoms with Gasteiger partial charge in [0.25, 0.3) is 0 Å². The number of esters is 1. The number of rotatable bonds is 3. The average Bonchev–Trinajstić information content (AvgIpc) is 3.01. The van der Waals surface area contributed by atoms with Gasteiger partial charge in [0.1, 0.15) is 11.2 Å². The van der Waals surface area contributed by atoms with E-state index in [0.717, 1.165) is 33.1 Å². The van der Waals surface area contributed by atoms with Gasteiger partial charge in [0.2, 0.25) is 0 Å². The number of ether oxygens (including phenoxy) is 1. The molecule has 0 amide bonds. The predicted octanol–water partition coefficient (Wildman–Crippen LogP) is 5.43. The molecule has 1 heterocycles. The van der Waals surface area contributed by atoms with Gasteiger partial charge in [0.15, 0.2) is 0 Å². The molecule has 118 valence electrons. The lowest BCUT2D eigenvalue weighted by Crippen LogP contribution is -2.06. The average molecular weight is 316 g/mol. The van der Waals surface area contributed by atoms with Crippen LogP contribution < -0.4 is 0 Å². The van der Waals surface area contributed by atoms with E-state index in [2.05, 4.69) is 0 Å². The molecule has 0 aliphatic carbocycles. The fourth-order valence-electron chi connectivity index (χ4n) is 3.06. The lowest BCUT2D eigenvalue weighted by atomic mass is 9.97. The molecule has 0 saturated heterocycles. The Morgan fingerprint density at radius 1 is 0.875 bits per heavy atom. The van der Waals surface area contributed by atoms with Crippen molar-refractivity contribution in [3.63, 3.8) is 0 Å². The van der Waals surface area contributed by atoms with Crippen LogP contribution in [0.25, 0.3) is 33.1 Å². The third-order valence-electron chi connectivity index (χ3n) is 4.12. The summed E-state index contributed by atoms with van der Waals surface area (Å²) in [6, 6.07) is 21.4. The van der Waals surface area contributed by atoms with Crippen molar-refractivity contribution in [2.24, 2.45) is 0 Å². The molecule has 0 saturated carbocycles. The molecule has 3 heteroatoms. The van der Waals surface area contributed by atoms with Gasteiger partial charge >= 0.3 is 5.97 Å². The molecule has 1 aromatic heterocycles. The number of fused-ring (bicyclic) bond motifs is 3. The molecule has 0 unspecified atom stereocenters. The topological polar surface area (TPSA) is 39.4 Å². The van der Waals surface area contributed by atoms with Crippen LogP contribution in [0.2, 0.25) is 0 Å². The van der Waals surface area contributed by atoms with Gasteiger partial charge in [-0.3, -0.25) is 0 Å². The van der Waals surface area contributed by atoms with Crippen LogP contribution in [0.4, 0.5) is 0 Å². The predicted molar refractivity (Wildman–Crippen MR) is 95.1 cm³/mol. The Hall–Kier alpha value is -3.07. The van der Waals surface area contributed by atoms with E-state index in [1.54, 1.807) is 13.0 Å². The normalized spacial score (nSPS) is 11.0. The van der Waals surface area contributed by atoms with Gasteiger partial charge < -0.3 is 9.15 Å². The molecule has 4 aromatic rings. The van der Waals surface area contributed by atoms with E-state index in [4.69, 9.17) is 9.15 Å². The van der Waals surface area contributed by atoms with Crippen LogP contribution in [-0.2, 0) is 4.74 Å². The molecule has 0 aliphatic rings. The van der Waals surface area contributed by atoms with Crippen molar-refractivity contribution in [2.45, 2.75) is 6.92 Å². The zero-order valence-electron chi connectivity index (χ0n) is 13.3. The first-order chi connectivity index (χ1) is 11.8. The molecule has 24 heavy (non-hydrogen) atoms. The van der Waals surface area contributed by atoms with Gasteiger partial charge in [0, 0.05) is 16.3 Å². The quantitative estimate of drug-likeness (QED) is 0.473. The third kappa shape index (κ3) is 2.26. The van der Waals surface area contributed by atoms with E-state index in [0.29, 0.717) is 12.2 Å². The second-order valence-corrected chi connectivity index (χ2v) is 5.55. The van der Waals surface area contributed by atoms with Gasteiger partial charge in [-0.05, 0) is 24.6 Å². The first kappa shape index (κ1) is 14.5. The van der Waals surface area contributed by atoms with Crippen molar-refractivity contribution in [3.05, 3.63) is 72.3 Å². The summed E-state index contributed by atoms with van der Waals surface area (Å²) in [6.45, 7) is 2.16. The van der Waals surface area contributed by atoms with Gasteiger partial charge in [-0.15, -0.1) is 0 Å². The van der Waals surface area contributed by atoms with Crippen molar-refractivity contribution < 1.29 is 13.9 Å². The third-order valence-corrected chi connectivity index (χ3v) is 4.12. The summed E-state index contributed by atoms with van der Waals surface area (Å²) in [5, 5.41) is 2.12. The number of hydrogen-bond donors (Lipinski definition) is 0. The Balaban J connectivity index is 1.99. The Kier molecular flexibility index (Phi) is 3.54. The first-order valence-electron chi connectivity index (χ1n) is 7.96. The van der Waals surface area contributed by atoms with Crippen LogP contribution in [0, 0.1) is 0 Å². The summed E-state index contributed by atoms with van der Waals surface area (Å²) < 4.78 is 11.3. The maximum Gasteiger partial charge on any atom is 0.338 e. The molecule has 0 aliphatic heterocycles. The lowest BCUT2D eigenvalue weighted by molar-refractivity contribution is 0.0527. The highest BCUT2D eigenvalue weighted by molar-refractivity contribution is 6.11. The molecule has 0 bridgehead atoms. The van der Waals surface area contributed by atoms with Crippen LogP contribution in [0.1, 0.15) is 17.3 Å². The highest BCUT2D eigenvalue weighted by atomic mass is 16.5. The molecule has 3 aromatic carbocycles. The van der Waals surface area contributed by atoms with Crippen LogP contribution >= 0.6 is 0 Å². The van der Waals surface area contributed by atoms with E-state index in [9.17, 15) is 4.79 Å². The molecule has 3 nitrogen and oxygen atoms in total. The fourth-order valence-corrected chi connectivity index (χ4v) is 3.06. The molecule has 0 atom stereocenters. The molecule has 0 fully saturated rings. The minimum Gasteiger partial charge on any atom is -0.462 e. The second-order valence-electron chi connectivity index (χ2n) is 5.55. The van der Waals surface area contributed by atoms with Crippen molar-refractivity contribution in [2.75, 3.05) is 6.61 Å². The number of benzene rings is 3. The molecular formula is C21H16O3. The molecule has 0 spiro atoms. The van der Waals surface area contributed by atoms with Crippen molar-refractivity contribution in [3.8, 4) is 11.1 Å². The van der Waals surface area contributed by atoms with Gasteiger partial charge in [-0.25, -0.2) is 4.79 Å². The largest absolute Gasteiger partial charge is 0.462 e. The number of furan rings is 1. The van der Waals surface area contributed by atoms with Gasteiger partial charge in [-0.1, -0.05) is 54.6 Å². The molecule has 0 radical (unpaired) electrons. The number of carbonyl (C=O) groups is 1. The summed E-state index contributed by atoms with van der Waals surface area (Å²) in [4.78, 5) is 12.3. The molecular weight excluding hydrogens is 300 g/mol. The summed E-state index contributed by atoms with van der Waals surface area (Å²) in [6.07, 6.45) is 0. The SMILES string of the molecule is CCOC(=O)c1ccccc1-c1cccc2c1oc1ccccc12. The van der Waals surface area contributed by atoms with Crippen LogP contribution in [-0.4, -0.2) is 12.6 Å². The minimum absolute atomic E-state index is 0.318. The van der Waals surface area contributed by atoms with E-state index in [1.807, 2.05) is 60.7 Å². The minimum atomic E-state index is -0.318. The van der Waals surface area contributed by atoms with E-state index in [1.165, 1.54) is 0 Å². The first-order valence-corrected chi connectivity index (χ1v) is 7.96. The summed E-state index contributed by atoms with van der Waals surface area (Å²) >= 11 is 0. The van der Waals surface area contributed by atoms with Gasteiger partial charge in [0.05, 0.1) is 12.2 Å². The molecule has 0 N–H and O–H groups in total. The van der Waals surface area contributed by atoms with E-state index >= 15 is 0 Å². The Morgan fingerprint density at radius 3 is 2.46 bits per heavy atom. The highest BCUT2D eigenvalue weighted by Gasteiger charge is 2.17. The summed E-state index contributed by atoms with van der Waals surface area (Å²) in [5.41, 5.74) is 3.89. The molecule has 4 rings (SSSR count). The van der Waals surface area contributed by atoms with E-state index in [-0.39, 0.29) is 5.97 Å². The lowest BCUT2D eigenvalue weighted by Gasteiger charge is -2.09. The monoisotopic (exact) mass is 316 g/mol. The Morgan fingerprint density at radius 2 is 1.58 bits per heavy atom. The number of para-hydroxylation sites is 2. The Labute approximate surface area is 139 Å². The highest BCUT2D eigenvalue weighted by Crippen LogP contribution is 2.36. The second kappa shape index (κ2) is 5.85. The van der Waals surface area contributed by atoms with Crippen LogP contribution in [0.15, 0.2) is 71.1 Å². The number of carbonyl (C=O) groups excluding carboxylic acids is 1. The Bertz CT molecular complexity index is 1040. The van der Waals surface area contributed by atoms with Crippen LogP contribution in [0.3, 0.4) is 0 Å². The zero-order valence-corrected chi connectivity index (χ0v) is 13.3. The summed E-state index contributed by atoms with van der Waals surface area (Å²) in [7, 11) is 0.